The lowest BCUT2D eigenvalue weighted by Crippen LogP contribution is -2.10. The quantitative estimate of drug-likeness (QED) is 0.594. The van der Waals surface area contributed by atoms with E-state index in [9.17, 15) is 8.42 Å². The summed E-state index contributed by atoms with van der Waals surface area (Å²) in [6, 6.07) is 13.0. The SMILES string of the molecule is CCCOc1cc(S(=O)(=O)Oc2cccc3cccnc23)ccc1Cl. The molecule has 1 aromatic heterocycles. The van der Waals surface area contributed by atoms with Gasteiger partial charge in [0, 0.05) is 17.6 Å². The molecule has 25 heavy (non-hydrogen) atoms. The minimum atomic E-state index is -4.05. The molecule has 2 aromatic carbocycles. The number of hydrogen-bond donors (Lipinski definition) is 0. The summed E-state index contributed by atoms with van der Waals surface area (Å²) in [4.78, 5) is 4.16. The number of halogens is 1. The van der Waals surface area contributed by atoms with Gasteiger partial charge in [0.15, 0.2) is 5.75 Å². The largest absolute Gasteiger partial charge is 0.492 e. The van der Waals surface area contributed by atoms with E-state index in [0.717, 1.165) is 11.8 Å². The monoisotopic (exact) mass is 377 g/mol. The zero-order chi connectivity index (χ0) is 17.9. The fourth-order valence-electron chi connectivity index (χ4n) is 2.27. The molecule has 0 spiro atoms. The van der Waals surface area contributed by atoms with E-state index in [1.54, 1.807) is 24.4 Å². The van der Waals surface area contributed by atoms with E-state index in [1.807, 2.05) is 19.1 Å². The number of para-hydroxylation sites is 1. The van der Waals surface area contributed by atoms with Crippen molar-refractivity contribution in [3.8, 4) is 11.5 Å². The predicted octanol–water partition coefficient (Wildman–Crippen LogP) is 4.44. The molecule has 130 valence electrons. The topological polar surface area (TPSA) is 65.5 Å². The van der Waals surface area contributed by atoms with Crippen molar-refractivity contribution in [2.75, 3.05) is 6.61 Å². The Kier molecular flexibility index (Phi) is 5.11. The number of aromatic nitrogens is 1. The van der Waals surface area contributed by atoms with Crippen LogP contribution in [0.25, 0.3) is 10.9 Å². The van der Waals surface area contributed by atoms with Gasteiger partial charge in [0.25, 0.3) is 0 Å². The lowest BCUT2D eigenvalue weighted by molar-refractivity contribution is 0.316. The van der Waals surface area contributed by atoms with Gasteiger partial charge < -0.3 is 8.92 Å². The van der Waals surface area contributed by atoms with Gasteiger partial charge in [0.1, 0.15) is 16.2 Å². The van der Waals surface area contributed by atoms with E-state index >= 15 is 0 Å². The summed E-state index contributed by atoms with van der Waals surface area (Å²) in [5, 5.41) is 1.14. The number of fused-ring (bicyclic) bond motifs is 1. The molecule has 3 rings (SSSR count). The molecule has 0 atom stereocenters. The van der Waals surface area contributed by atoms with E-state index in [-0.39, 0.29) is 10.6 Å². The van der Waals surface area contributed by atoms with E-state index < -0.39 is 10.1 Å². The fraction of sp³-hybridized carbons (Fsp3) is 0.167. The molecular formula is C18H16ClNO4S. The molecule has 0 bridgehead atoms. The predicted molar refractivity (Wildman–Crippen MR) is 96.8 cm³/mol. The third-order valence-electron chi connectivity index (χ3n) is 3.45. The van der Waals surface area contributed by atoms with E-state index in [1.165, 1.54) is 18.2 Å². The average molecular weight is 378 g/mol. The Balaban J connectivity index is 1.96. The second-order valence-corrected chi connectivity index (χ2v) is 7.26. The molecule has 5 nitrogen and oxygen atoms in total. The minimum absolute atomic E-state index is 0.0315. The lowest BCUT2D eigenvalue weighted by Gasteiger charge is -2.11. The summed E-state index contributed by atoms with van der Waals surface area (Å²) in [6.07, 6.45) is 2.37. The maximum absolute atomic E-state index is 12.6. The van der Waals surface area contributed by atoms with Crippen molar-refractivity contribution < 1.29 is 17.3 Å². The molecule has 0 unspecified atom stereocenters. The van der Waals surface area contributed by atoms with Crippen molar-refractivity contribution in [3.63, 3.8) is 0 Å². The number of hydrogen-bond acceptors (Lipinski definition) is 5. The molecule has 0 fully saturated rings. The van der Waals surface area contributed by atoms with Crippen molar-refractivity contribution in [3.05, 3.63) is 59.8 Å². The van der Waals surface area contributed by atoms with Crippen molar-refractivity contribution in [2.24, 2.45) is 0 Å². The van der Waals surface area contributed by atoms with Gasteiger partial charge in [-0.2, -0.15) is 8.42 Å². The molecular weight excluding hydrogens is 362 g/mol. The molecule has 0 aliphatic rings. The number of nitrogens with zero attached hydrogens (tertiary/aromatic N) is 1. The Morgan fingerprint density at radius 2 is 1.88 bits per heavy atom. The van der Waals surface area contributed by atoms with Crippen LogP contribution in [0, 0.1) is 0 Å². The molecule has 0 saturated heterocycles. The summed E-state index contributed by atoms with van der Waals surface area (Å²) >= 11 is 6.05. The van der Waals surface area contributed by atoms with Crippen LogP contribution in [0.4, 0.5) is 0 Å². The van der Waals surface area contributed by atoms with Crippen LogP contribution in [-0.4, -0.2) is 20.0 Å². The second kappa shape index (κ2) is 7.29. The maximum atomic E-state index is 12.6. The molecule has 7 heteroatoms. The smallest absolute Gasteiger partial charge is 0.339 e. The highest BCUT2D eigenvalue weighted by Gasteiger charge is 2.20. The van der Waals surface area contributed by atoms with Crippen LogP contribution >= 0.6 is 11.6 Å². The van der Waals surface area contributed by atoms with Crippen molar-refractivity contribution in [2.45, 2.75) is 18.2 Å². The Morgan fingerprint density at radius 3 is 2.68 bits per heavy atom. The van der Waals surface area contributed by atoms with Crippen LogP contribution < -0.4 is 8.92 Å². The molecule has 0 amide bonds. The molecule has 3 aromatic rings. The lowest BCUT2D eigenvalue weighted by atomic mass is 10.2. The van der Waals surface area contributed by atoms with Gasteiger partial charge >= 0.3 is 10.1 Å². The van der Waals surface area contributed by atoms with Crippen LogP contribution in [0.15, 0.2) is 59.6 Å². The van der Waals surface area contributed by atoms with Crippen LogP contribution in [0.3, 0.4) is 0 Å². The summed E-state index contributed by atoms with van der Waals surface area (Å²) in [6.45, 7) is 2.39. The second-order valence-electron chi connectivity index (χ2n) is 5.31. The number of benzene rings is 2. The first-order chi connectivity index (χ1) is 12.0. The zero-order valence-electron chi connectivity index (χ0n) is 13.5. The van der Waals surface area contributed by atoms with Crippen LogP contribution in [0.2, 0.25) is 5.02 Å². The summed E-state index contributed by atoms with van der Waals surface area (Å²) < 4.78 is 36.1. The first kappa shape index (κ1) is 17.5. The van der Waals surface area contributed by atoms with Crippen LogP contribution in [-0.2, 0) is 10.1 Å². The van der Waals surface area contributed by atoms with Gasteiger partial charge in [-0.1, -0.05) is 36.7 Å². The highest BCUT2D eigenvalue weighted by Crippen LogP contribution is 2.30. The Bertz CT molecular complexity index is 1000. The minimum Gasteiger partial charge on any atom is -0.492 e. The van der Waals surface area contributed by atoms with Crippen molar-refractivity contribution in [1.29, 1.82) is 0 Å². The third kappa shape index (κ3) is 3.86. The summed E-state index contributed by atoms with van der Waals surface area (Å²) in [5.74, 6) is 0.480. The van der Waals surface area contributed by atoms with Gasteiger partial charge in [-0.15, -0.1) is 0 Å². The Morgan fingerprint density at radius 1 is 1.08 bits per heavy atom. The molecule has 1 heterocycles. The molecule has 0 N–H and O–H groups in total. The maximum Gasteiger partial charge on any atom is 0.339 e. The molecule has 0 radical (unpaired) electrons. The first-order valence-corrected chi connectivity index (χ1v) is 9.50. The van der Waals surface area contributed by atoms with Crippen LogP contribution in [0.1, 0.15) is 13.3 Å². The highest BCUT2D eigenvalue weighted by atomic mass is 35.5. The van der Waals surface area contributed by atoms with Gasteiger partial charge in [0.05, 0.1) is 11.6 Å². The third-order valence-corrected chi connectivity index (χ3v) is 4.99. The van der Waals surface area contributed by atoms with E-state index in [0.29, 0.717) is 22.9 Å². The van der Waals surface area contributed by atoms with Gasteiger partial charge in [-0.25, -0.2) is 0 Å². The average Bonchev–Trinajstić information content (AvgIpc) is 2.61. The Hall–Kier alpha value is -2.31. The molecule has 0 aliphatic carbocycles. The highest BCUT2D eigenvalue weighted by molar-refractivity contribution is 7.87. The van der Waals surface area contributed by atoms with Gasteiger partial charge in [-0.3, -0.25) is 4.98 Å². The molecule has 0 saturated carbocycles. The van der Waals surface area contributed by atoms with E-state index in [4.69, 9.17) is 20.5 Å². The number of ether oxygens (including phenoxy) is 1. The van der Waals surface area contributed by atoms with Crippen molar-refractivity contribution >= 4 is 32.6 Å². The first-order valence-electron chi connectivity index (χ1n) is 7.72. The number of rotatable bonds is 6. The van der Waals surface area contributed by atoms with Crippen LogP contribution in [0.5, 0.6) is 11.5 Å². The van der Waals surface area contributed by atoms with Gasteiger partial charge in [-0.05, 0) is 30.7 Å². The zero-order valence-corrected chi connectivity index (χ0v) is 15.0. The van der Waals surface area contributed by atoms with Gasteiger partial charge in [0.2, 0.25) is 0 Å². The normalized spacial score (nSPS) is 11.4. The summed E-state index contributed by atoms with van der Waals surface area (Å²) in [7, 11) is -4.05. The summed E-state index contributed by atoms with van der Waals surface area (Å²) in [5.41, 5.74) is 0.477. The van der Waals surface area contributed by atoms with Crippen molar-refractivity contribution in [1.82, 2.24) is 4.98 Å². The fourth-order valence-corrected chi connectivity index (χ4v) is 3.40. The molecule has 0 aliphatic heterocycles. The number of pyridine rings is 1. The Labute approximate surface area is 151 Å². The standard InChI is InChI=1S/C18H16ClNO4S/c1-2-11-23-17-12-14(8-9-15(17)19)25(21,22)24-16-7-3-5-13-6-4-10-20-18(13)16/h3-10,12H,2,11H2,1H3. The van der Waals surface area contributed by atoms with E-state index in [2.05, 4.69) is 4.98 Å².